The number of Topliss-reactive ketones (excluding diaryl/α,β-unsaturated/α-hetero) is 1. The zero-order chi connectivity index (χ0) is 15.5. The first-order valence-corrected chi connectivity index (χ1v) is 6.86. The number of nitrogens with one attached hydrogen (secondary N) is 2. The SMILES string of the molecule is COc1ccccc1C(=O)NNC1=CCC(C)(C)CC1=O. The fourth-order valence-corrected chi connectivity index (χ4v) is 2.24. The highest BCUT2D eigenvalue weighted by Gasteiger charge is 2.28. The van der Waals surface area contributed by atoms with Gasteiger partial charge < -0.3 is 4.74 Å². The number of carbonyl (C=O) groups is 2. The lowest BCUT2D eigenvalue weighted by Crippen LogP contribution is -2.41. The predicted molar refractivity (Wildman–Crippen MR) is 79.7 cm³/mol. The molecule has 1 aromatic rings. The van der Waals surface area contributed by atoms with E-state index in [0.717, 1.165) is 6.42 Å². The lowest BCUT2D eigenvalue weighted by atomic mass is 9.79. The second-order valence-corrected chi connectivity index (χ2v) is 5.87. The molecule has 0 saturated carbocycles. The van der Waals surface area contributed by atoms with E-state index in [9.17, 15) is 9.59 Å². The van der Waals surface area contributed by atoms with Crippen LogP contribution in [0.4, 0.5) is 0 Å². The molecule has 0 spiro atoms. The standard InChI is InChI=1S/C16H20N2O3/c1-16(2)9-8-12(13(19)10-16)17-18-15(20)11-6-4-5-7-14(11)21-3/h4-8,17H,9-10H2,1-3H3,(H,18,20). The average molecular weight is 288 g/mol. The summed E-state index contributed by atoms with van der Waals surface area (Å²) >= 11 is 0. The first-order chi connectivity index (χ1) is 9.93. The summed E-state index contributed by atoms with van der Waals surface area (Å²) in [6, 6.07) is 6.92. The molecule has 0 bridgehead atoms. The zero-order valence-electron chi connectivity index (χ0n) is 12.5. The Morgan fingerprint density at radius 1 is 1.29 bits per heavy atom. The van der Waals surface area contributed by atoms with Gasteiger partial charge in [-0.1, -0.05) is 32.1 Å². The van der Waals surface area contributed by atoms with Gasteiger partial charge in [0, 0.05) is 6.42 Å². The van der Waals surface area contributed by atoms with Crippen molar-refractivity contribution < 1.29 is 14.3 Å². The molecule has 21 heavy (non-hydrogen) atoms. The normalized spacial score (nSPS) is 16.9. The Kier molecular flexibility index (Phi) is 4.31. The van der Waals surface area contributed by atoms with Crippen LogP contribution in [0.3, 0.4) is 0 Å². The number of rotatable bonds is 4. The first-order valence-electron chi connectivity index (χ1n) is 6.86. The largest absolute Gasteiger partial charge is 0.496 e. The van der Waals surface area contributed by atoms with E-state index in [1.165, 1.54) is 7.11 Å². The molecule has 2 N–H and O–H groups in total. The van der Waals surface area contributed by atoms with Crippen LogP contribution in [0.25, 0.3) is 0 Å². The van der Waals surface area contributed by atoms with E-state index >= 15 is 0 Å². The molecule has 0 fully saturated rings. The number of allylic oxidation sites excluding steroid dienone is 2. The van der Waals surface area contributed by atoms with Crippen molar-refractivity contribution in [2.75, 3.05) is 7.11 Å². The minimum Gasteiger partial charge on any atom is -0.496 e. The Bertz CT molecular complexity index is 591. The Morgan fingerprint density at radius 3 is 2.67 bits per heavy atom. The van der Waals surface area contributed by atoms with Crippen LogP contribution in [-0.2, 0) is 4.79 Å². The molecule has 112 valence electrons. The second kappa shape index (κ2) is 5.99. The molecule has 1 amide bonds. The van der Waals surface area contributed by atoms with Gasteiger partial charge in [-0.15, -0.1) is 0 Å². The van der Waals surface area contributed by atoms with Crippen molar-refractivity contribution in [2.45, 2.75) is 26.7 Å². The molecule has 0 saturated heterocycles. The van der Waals surface area contributed by atoms with Crippen LogP contribution in [0, 0.1) is 5.41 Å². The van der Waals surface area contributed by atoms with Crippen molar-refractivity contribution >= 4 is 11.7 Å². The minimum atomic E-state index is -0.342. The third-order valence-corrected chi connectivity index (χ3v) is 3.46. The van der Waals surface area contributed by atoms with Crippen LogP contribution in [0.15, 0.2) is 36.0 Å². The lowest BCUT2D eigenvalue weighted by molar-refractivity contribution is -0.118. The van der Waals surface area contributed by atoms with Crippen LogP contribution >= 0.6 is 0 Å². The van der Waals surface area contributed by atoms with E-state index in [1.54, 1.807) is 24.3 Å². The summed E-state index contributed by atoms with van der Waals surface area (Å²) < 4.78 is 5.14. The van der Waals surface area contributed by atoms with Crippen LogP contribution < -0.4 is 15.6 Å². The van der Waals surface area contributed by atoms with Gasteiger partial charge in [-0.3, -0.25) is 20.4 Å². The zero-order valence-corrected chi connectivity index (χ0v) is 12.5. The third-order valence-electron chi connectivity index (χ3n) is 3.46. The van der Waals surface area contributed by atoms with Crippen LogP contribution in [0.1, 0.15) is 37.0 Å². The van der Waals surface area contributed by atoms with Gasteiger partial charge in [0.1, 0.15) is 5.75 Å². The van der Waals surface area contributed by atoms with Gasteiger partial charge in [0.15, 0.2) is 5.78 Å². The van der Waals surface area contributed by atoms with Gasteiger partial charge in [0.25, 0.3) is 5.91 Å². The van der Waals surface area contributed by atoms with Gasteiger partial charge in [-0.05, 0) is 24.0 Å². The van der Waals surface area contributed by atoms with Crippen molar-refractivity contribution in [3.63, 3.8) is 0 Å². The number of hydrogen-bond donors (Lipinski definition) is 2. The highest BCUT2D eigenvalue weighted by Crippen LogP contribution is 2.31. The Labute approximate surface area is 124 Å². The summed E-state index contributed by atoms with van der Waals surface area (Å²) in [6.45, 7) is 4.09. The van der Waals surface area contributed by atoms with Crippen molar-refractivity contribution in [3.05, 3.63) is 41.6 Å². The molecule has 1 aromatic carbocycles. The first kappa shape index (κ1) is 15.1. The molecular formula is C16H20N2O3. The van der Waals surface area contributed by atoms with E-state index in [-0.39, 0.29) is 17.1 Å². The van der Waals surface area contributed by atoms with Crippen molar-refractivity contribution in [3.8, 4) is 5.75 Å². The number of ether oxygens (including phenoxy) is 1. The van der Waals surface area contributed by atoms with Gasteiger partial charge in [0.05, 0.1) is 18.4 Å². The molecule has 5 heteroatoms. The monoisotopic (exact) mass is 288 g/mol. The van der Waals surface area contributed by atoms with Crippen LogP contribution in [-0.4, -0.2) is 18.8 Å². The third kappa shape index (κ3) is 3.62. The summed E-state index contributed by atoms with van der Waals surface area (Å²) in [6.07, 6.45) is 3.09. The second-order valence-electron chi connectivity index (χ2n) is 5.87. The van der Waals surface area contributed by atoms with Crippen molar-refractivity contribution in [1.82, 2.24) is 10.9 Å². The summed E-state index contributed by atoms with van der Waals surface area (Å²) in [5.41, 5.74) is 6.10. The molecular weight excluding hydrogens is 268 g/mol. The number of methoxy groups -OCH3 is 1. The quantitative estimate of drug-likeness (QED) is 0.834. The fraction of sp³-hybridized carbons (Fsp3) is 0.375. The van der Waals surface area contributed by atoms with Gasteiger partial charge in [-0.25, -0.2) is 0 Å². The number of carbonyl (C=O) groups excluding carboxylic acids is 2. The number of ketones is 1. The van der Waals surface area contributed by atoms with E-state index < -0.39 is 0 Å². The molecule has 5 nitrogen and oxygen atoms in total. The van der Waals surface area contributed by atoms with Crippen molar-refractivity contribution in [1.29, 1.82) is 0 Å². The van der Waals surface area contributed by atoms with E-state index in [4.69, 9.17) is 4.74 Å². The maximum atomic E-state index is 12.1. The molecule has 0 aliphatic heterocycles. The number of para-hydroxylation sites is 1. The fourth-order valence-electron chi connectivity index (χ4n) is 2.24. The smallest absolute Gasteiger partial charge is 0.273 e. The summed E-state index contributed by atoms with van der Waals surface area (Å²) in [4.78, 5) is 24.1. The maximum Gasteiger partial charge on any atom is 0.273 e. The Hall–Kier alpha value is -2.30. The molecule has 0 unspecified atom stereocenters. The topological polar surface area (TPSA) is 67.4 Å². The van der Waals surface area contributed by atoms with E-state index in [0.29, 0.717) is 23.4 Å². The molecule has 0 atom stereocenters. The molecule has 2 rings (SSSR count). The lowest BCUT2D eigenvalue weighted by Gasteiger charge is -2.27. The number of benzene rings is 1. The van der Waals surface area contributed by atoms with Crippen LogP contribution in [0.2, 0.25) is 0 Å². The molecule has 0 heterocycles. The molecule has 0 aromatic heterocycles. The van der Waals surface area contributed by atoms with Crippen molar-refractivity contribution in [2.24, 2.45) is 5.41 Å². The van der Waals surface area contributed by atoms with Gasteiger partial charge >= 0.3 is 0 Å². The highest BCUT2D eigenvalue weighted by molar-refractivity contribution is 5.99. The molecule has 0 radical (unpaired) electrons. The van der Waals surface area contributed by atoms with Crippen LogP contribution in [0.5, 0.6) is 5.75 Å². The molecule has 1 aliphatic rings. The maximum absolute atomic E-state index is 12.1. The summed E-state index contributed by atoms with van der Waals surface area (Å²) in [5.74, 6) is 0.152. The predicted octanol–water partition coefficient (Wildman–Crippen LogP) is 2.20. The average Bonchev–Trinajstić information content (AvgIpc) is 2.45. The summed E-state index contributed by atoms with van der Waals surface area (Å²) in [5, 5.41) is 0. The van der Waals surface area contributed by atoms with Gasteiger partial charge in [-0.2, -0.15) is 0 Å². The number of hydrogen-bond acceptors (Lipinski definition) is 4. The number of amides is 1. The van der Waals surface area contributed by atoms with E-state index in [2.05, 4.69) is 10.9 Å². The molecule has 1 aliphatic carbocycles. The minimum absolute atomic E-state index is 0.00609. The Morgan fingerprint density at radius 2 is 2.00 bits per heavy atom. The Balaban J connectivity index is 2.02. The number of hydrazine groups is 1. The summed E-state index contributed by atoms with van der Waals surface area (Å²) in [7, 11) is 1.51. The highest BCUT2D eigenvalue weighted by atomic mass is 16.5. The van der Waals surface area contributed by atoms with E-state index in [1.807, 2.05) is 19.9 Å². The van der Waals surface area contributed by atoms with Gasteiger partial charge in [0.2, 0.25) is 0 Å².